The van der Waals surface area contributed by atoms with Crippen molar-refractivity contribution < 1.29 is 13.9 Å². The number of amidine groups is 1. The maximum Gasteiger partial charge on any atom is 0.133 e. The molecule has 0 saturated heterocycles. The molecule has 31 heavy (non-hydrogen) atoms. The molecule has 2 aromatic rings. The molecule has 3 rings (SSSR count). The third kappa shape index (κ3) is 5.69. The molecule has 0 heterocycles. The smallest absolute Gasteiger partial charge is 0.133 e. The highest BCUT2D eigenvalue weighted by molar-refractivity contribution is 6.27. The number of nitrogens with one attached hydrogen (secondary N) is 4. The molecule has 1 aliphatic rings. The summed E-state index contributed by atoms with van der Waals surface area (Å²) in [5, 5.41) is 22.9. The molecule has 2 aromatic carbocycles. The maximum absolute atomic E-state index is 13.0. The average Bonchev–Trinajstić information content (AvgIpc) is 2.76. The van der Waals surface area contributed by atoms with Gasteiger partial charge in [0, 0.05) is 31.5 Å². The van der Waals surface area contributed by atoms with Gasteiger partial charge < -0.3 is 21.1 Å². The van der Waals surface area contributed by atoms with Crippen LogP contribution >= 0.6 is 0 Å². The number of nitrogens with two attached hydrogens (primary N) is 1. The number of rotatable bonds is 8. The standard InChI is InChI=1S/C23H26FN5O2/c1-28-23(29-16-6-8-17(30)9-7-16)20(22(26)27)21(25)14-2-10-18(11-3-14)31-19-12-4-15(24)5-13-19/h2-5,10-13,16,25,28-29H,6-9H2,1H3,(H3,26,27)/b23-20+,25-21?. The molecule has 0 unspecified atom stereocenters. The first-order valence-corrected chi connectivity index (χ1v) is 10.0. The molecule has 0 spiro atoms. The Labute approximate surface area is 180 Å². The highest BCUT2D eigenvalue weighted by Crippen LogP contribution is 2.23. The van der Waals surface area contributed by atoms with E-state index in [9.17, 15) is 9.18 Å². The summed E-state index contributed by atoms with van der Waals surface area (Å²) in [5.41, 5.74) is 6.72. The van der Waals surface area contributed by atoms with Crippen molar-refractivity contribution in [3.8, 4) is 11.5 Å². The largest absolute Gasteiger partial charge is 0.457 e. The van der Waals surface area contributed by atoms with E-state index in [1.807, 2.05) is 0 Å². The van der Waals surface area contributed by atoms with Crippen LogP contribution in [0.3, 0.4) is 0 Å². The SMILES string of the molecule is CN/C(NC1CCC(=O)CC1)=C(\C(=N)N)C(=N)c1ccc(Oc2ccc(F)cc2)cc1. The molecule has 0 radical (unpaired) electrons. The lowest BCUT2D eigenvalue weighted by Gasteiger charge is -2.26. The van der Waals surface area contributed by atoms with Crippen LogP contribution in [0.2, 0.25) is 0 Å². The summed E-state index contributed by atoms with van der Waals surface area (Å²) >= 11 is 0. The van der Waals surface area contributed by atoms with Gasteiger partial charge in [-0.05, 0) is 61.4 Å². The van der Waals surface area contributed by atoms with Crippen LogP contribution in [-0.4, -0.2) is 30.4 Å². The van der Waals surface area contributed by atoms with Gasteiger partial charge >= 0.3 is 0 Å². The van der Waals surface area contributed by atoms with Crippen molar-refractivity contribution in [3.63, 3.8) is 0 Å². The molecule has 0 aromatic heterocycles. The summed E-state index contributed by atoms with van der Waals surface area (Å²) in [4.78, 5) is 11.5. The van der Waals surface area contributed by atoms with Crippen LogP contribution in [0.15, 0.2) is 59.9 Å². The van der Waals surface area contributed by atoms with Gasteiger partial charge in [-0.2, -0.15) is 0 Å². The Kier molecular flexibility index (Phi) is 7.02. The predicted molar refractivity (Wildman–Crippen MR) is 118 cm³/mol. The van der Waals surface area contributed by atoms with Crippen molar-refractivity contribution >= 4 is 17.3 Å². The van der Waals surface area contributed by atoms with Gasteiger partial charge in [-0.1, -0.05) is 0 Å². The third-order valence-electron chi connectivity index (χ3n) is 5.10. The van der Waals surface area contributed by atoms with Gasteiger partial charge in [-0.25, -0.2) is 4.39 Å². The first-order chi connectivity index (χ1) is 14.9. The molecule has 1 aliphatic carbocycles. The van der Waals surface area contributed by atoms with E-state index in [2.05, 4.69) is 10.6 Å². The van der Waals surface area contributed by atoms with Crippen molar-refractivity contribution in [1.29, 1.82) is 10.8 Å². The summed E-state index contributed by atoms with van der Waals surface area (Å²) in [6, 6.07) is 12.6. The van der Waals surface area contributed by atoms with E-state index in [1.165, 1.54) is 24.3 Å². The molecule has 7 nitrogen and oxygen atoms in total. The number of carbonyl (C=O) groups excluding carboxylic acids is 1. The van der Waals surface area contributed by atoms with Crippen LogP contribution in [-0.2, 0) is 4.79 Å². The summed E-state index contributed by atoms with van der Waals surface area (Å²) in [6.45, 7) is 0. The Morgan fingerprint density at radius 3 is 2.10 bits per heavy atom. The number of benzene rings is 2. The highest BCUT2D eigenvalue weighted by Gasteiger charge is 2.22. The molecular formula is C23H26FN5O2. The Bertz CT molecular complexity index is 990. The summed E-state index contributed by atoms with van der Waals surface area (Å²) in [7, 11) is 1.70. The second-order valence-electron chi connectivity index (χ2n) is 7.33. The number of carbonyl (C=O) groups is 1. The molecule has 0 aliphatic heterocycles. The molecule has 0 amide bonds. The molecule has 8 heteroatoms. The minimum absolute atomic E-state index is 0.0776. The molecule has 1 fully saturated rings. The van der Waals surface area contributed by atoms with Crippen molar-refractivity contribution in [1.82, 2.24) is 10.6 Å². The number of Topliss-reactive ketones (excluding diaryl/α,β-unsaturated/α-hetero) is 1. The Morgan fingerprint density at radius 2 is 1.58 bits per heavy atom. The van der Waals surface area contributed by atoms with Crippen LogP contribution in [0, 0.1) is 16.6 Å². The van der Waals surface area contributed by atoms with Crippen molar-refractivity contribution in [2.24, 2.45) is 5.73 Å². The number of ether oxygens (including phenoxy) is 1. The molecule has 0 bridgehead atoms. The fourth-order valence-electron chi connectivity index (χ4n) is 3.42. The van der Waals surface area contributed by atoms with Gasteiger partial charge in [0.15, 0.2) is 0 Å². The third-order valence-corrected chi connectivity index (χ3v) is 5.10. The Morgan fingerprint density at radius 1 is 1.03 bits per heavy atom. The average molecular weight is 423 g/mol. The number of hydrogen-bond donors (Lipinski definition) is 5. The summed E-state index contributed by atoms with van der Waals surface area (Å²) in [5.74, 6) is 1.21. The van der Waals surface area contributed by atoms with Crippen molar-refractivity contribution in [3.05, 3.63) is 71.3 Å². The van der Waals surface area contributed by atoms with E-state index in [-0.39, 0.29) is 34.8 Å². The van der Waals surface area contributed by atoms with E-state index in [1.54, 1.807) is 31.3 Å². The van der Waals surface area contributed by atoms with Crippen LogP contribution < -0.4 is 21.1 Å². The van der Waals surface area contributed by atoms with Gasteiger partial charge in [0.25, 0.3) is 0 Å². The van der Waals surface area contributed by atoms with E-state index in [0.717, 1.165) is 0 Å². The van der Waals surface area contributed by atoms with Gasteiger partial charge in [0.2, 0.25) is 0 Å². The minimum atomic E-state index is -0.339. The summed E-state index contributed by atoms with van der Waals surface area (Å²) < 4.78 is 18.7. The quantitative estimate of drug-likeness (QED) is 0.329. The highest BCUT2D eigenvalue weighted by atomic mass is 19.1. The van der Waals surface area contributed by atoms with E-state index in [0.29, 0.717) is 48.6 Å². The zero-order valence-electron chi connectivity index (χ0n) is 17.3. The molecule has 0 atom stereocenters. The van der Waals surface area contributed by atoms with Crippen molar-refractivity contribution in [2.75, 3.05) is 7.05 Å². The lowest BCUT2D eigenvalue weighted by Crippen LogP contribution is -2.40. The predicted octanol–water partition coefficient (Wildman–Crippen LogP) is 3.45. The second kappa shape index (κ2) is 9.88. The topological polar surface area (TPSA) is 124 Å². The number of halogens is 1. The van der Waals surface area contributed by atoms with E-state index >= 15 is 0 Å². The molecular weight excluding hydrogens is 397 g/mol. The second-order valence-corrected chi connectivity index (χ2v) is 7.33. The Hall–Kier alpha value is -3.68. The van der Waals surface area contributed by atoms with Crippen LogP contribution in [0.4, 0.5) is 4.39 Å². The number of hydrogen-bond acceptors (Lipinski definition) is 6. The first kappa shape index (κ1) is 22.0. The fraction of sp³-hybridized carbons (Fsp3) is 0.261. The maximum atomic E-state index is 13.0. The summed E-state index contributed by atoms with van der Waals surface area (Å²) in [6.07, 6.45) is 2.46. The first-order valence-electron chi connectivity index (χ1n) is 10.0. The van der Waals surface area contributed by atoms with Gasteiger partial charge in [-0.3, -0.25) is 15.6 Å². The lowest BCUT2D eigenvalue weighted by atomic mass is 9.94. The van der Waals surface area contributed by atoms with Gasteiger partial charge in [0.05, 0.1) is 11.3 Å². The van der Waals surface area contributed by atoms with E-state index < -0.39 is 0 Å². The minimum Gasteiger partial charge on any atom is -0.457 e. The lowest BCUT2D eigenvalue weighted by molar-refractivity contribution is -0.120. The zero-order valence-corrected chi connectivity index (χ0v) is 17.3. The monoisotopic (exact) mass is 423 g/mol. The van der Waals surface area contributed by atoms with Crippen LogP contribution in [0.1, 0.15) is 31.2 Å². The van der Waals surface area contributed by atoms with Gasteiger partial charge in [0.1, 0.15) is 34.8 Å². The normalized spacial score (nSPS) is 15.1. The molecule has 6 N–H and O–H groups in total. The van der Waals surface area contributed by atoms with Crippen LogP contribution in [0.25, 0.3) is 0 Å². The van der Waals surface area contributed by atoms with Crippen LogP contribution in [0.5, 0.6) is 11.5 Å². The zero-order chi connectivity index (χ0) is 22.4. The Balaban J connectivity index is 1.78. The number of ketones is 1. The fourth-order valence-corrected chi connectivity index (χ4v) is 3.42. The molecule has 162 valence electrons. The van der Waals surface area contributed by atoms with Gasteiger partial charge in [-0.15, -0.1) is 0 Å². The van der Waals surface area contributed by atoms with E-state index in [4.69, 9.17) is 21.3 Å². The molecule has 1 saturated carbocycles. The van der Waals surface area contributed by atoms with Crippen molar-refractivity contribution in [2.45, 2.75) is 31.7 Å².